The maximum atomic E-state index is 12.7. The van der Waals surface area contributed by atoms with Crippen LogP contribution in [-0.2, 0) is 9.59 Å². The minimum atomic E-state index is -0.596. The average Bonchev–Trinajstić information content (AvgIpc) is 2.56. The Morgan fingerprint density at radius 3 is 2.27 bits per heavy atom. The summed E-state index contributed by atoms with van der Waals surface area (Å²) >= 11 is 6.84. The van der Waals surface area contributed by atoms with Crippen molar-refractivity contribution in [3.05, 3.63) is 63.4 Å². The molecule has 1 aromatic heterocycles. The minimum absolute atomic E-state index is 0.155. The van der Waals surface area contributed by atoms with Crippen LogP contribution < -0.4 is 10.6 Å². The van der Waals surface area contributed by atoms with E-state index < -0.39 is 11.3 Å². The summed E-state index contributed by atoms with van der Waals surface area (Å²) in [5, 5.41) is 5.81. The van der Waals surface area contributed by atoms with Crippen LogP contribution in [0.3, 0.4) is 0 Å². The first-order valence-corrected chi connectivity index (χ1v) is 9.45. The standard InChI is InChI=1S/C19H19Br2N3O2/c1-19(2,3)17(25)11-16(18(26)23-13-6-8-22-9-7-13)24-15-5-4-12(20)10-14(15)21/h4-11,24H,1-3H3,(H,22,23,26). The minimum Gasteiger partial charge on any atom is -0.350 e. The number of carbonyl (C=O) groups excluding carboxylic acids is 2. The number of aromatic nitrogens is 1. The van der Waals surface area contributed by atoms with Gasteiger partial charge in [0.15, 0.2) is 5.78 Å². The van der Waals surface area contributed by atoms with Crippen molar-refractivity contribution >= 4 is 54.9 Å². The topological polar surface area (TPSA) is 71.1 Å². The predicted octanol–water partition coefficient (Wildman–Crippen LogP) is 5.16. The number of allylic oxidation sites excluding steroid dienone is 1. The number of benzene rings is 1. The second kappa shape index (κ2) is 8.60. The quantitative estimate of drug-likeness (QED) is 0.580. The summed E-state index contributed by atoms with van der Waals surface area (Å²) in [6.07, 6.45) is 4.50. The Bertz CT molecular complexity index is 844. The summed E-state index contributed by atoms with van der Waals surface area (Å²) in [4.78, 5) is 29.1. The number of nitrogens with zero attached hydrogens (tertiary/aromatic N) is 1. The van der Waals surface area contributed by atoms with Gasteiger partial charge in [0.1, 0.15) is 5.70 Å². The van der Waals surface area contributed by atoms with Crippen molar-refractivity contribution in [1.29, 1.82) is 0 Å². The normalized spacial score (nSPS) is 11.8. The average molecular weight is 481 g/mol. The Labute approximate surface area is 169 Å². The summed E-state index contributed by atoms with van der Waals surface area (Å²) < 4.78 is 1.66. The third-order valence-electron chi connectivity index (χ3n) is 3.40. The van der Waals surface area contributed by atoms with Crippen molar-refractivity contribution in [2.45, 2.75) is 20.8 Å². The molecule has 0 atom stereocenters. The first-order valence-electron chi connectivity index (χ1n) is 7.86. The molecule has 2 N–H and O–H groups in total. The molecule has 0 unspecified atom stereocenters. The zero-order valence-electron chi connectivity index (χ0n) is 14.6. The lowest BCUT2D eigenvalue weighted by Crippen LogP contribution is -2.24. The van der Waals surface area contributed by atoms with Gasteiger partial charge in [-0.25, -0.2) is 0 Å². The van der Waals surface area contributed by atoms with E-state index in [0.717, 1.165) is 8.95 Å². The van der Waals surface area contributed by atoms with Crippen LogP contribution in [0.4, 0.5) is 11.4 Å². The van der Waals surface area contributed by atoms with E-state index in [2.05, 4.69) is 47.5 Å². The fourth-order valence-corrected chi connectivity index (χ4v) is 3.02. The van der Waals surface area contributed by atoms with Crippen LogP contribution in [0.25, 0.3) is 0 Å². The van der Waals surface area contributed by atoms with E-state index in [1.165, 1.54) is 6.08 Å². The number of carbonyl (C=O) groups is 2. The molecule has 1 aromatic carbocycles. The summed E-state index contributed by atoms with van der Waals surface area (Å²) in [7, 11) is 0. The van der Waals surface area contributed by atoms with Gasteiger partial charge >= 0.3 is 0 Å². The number of hydrogen-bond donors (Lipinski definition) is 2. The molecule has 0 aliphatic heterocycles. The zero-order chi connectivity index (χ0) is 19.3. The van der Waals surface area contributed by atoms with E-state index in [1.54, 1.807) is 45.3 Å². The van der Waals surface area contributed by atoms with Crippen molar-refractivity contribution in [1.82, 2.24) is 4.98 Å². The number of nitrogens with one attached hydrogen (secondary N) is 2. The van der Waals surface area contributed by atoms with E-state index in [0.29, 0.717) is 11.4 Å². The van der Waals surface area contributed by atoms with Gasteiger partial charge in [0, 0.05) is 38.5 Å². The Morgan fingerprint density at radius 2 is 1.69 bits per heavy atom. The molecule has 7 heteroatoms. The fraction of sp³-hybridized carbons (Fsp3) is 0.211. The van der Waals surface area contributed by atoms with E-state index in [4.69, 9.17) is 0 Å². The molecule has 0 fully saturated rings. The van der Waals surface area contributed by atoms with Crippen molar-refractivity contribution in [3.63, 3.8) is 0 Å². The first kappa shape index (κ1) is 20.3. The lowest BCUT2D eigenvalue weighted by molar-refractivity contribution is -0.122. The lowest BCUT2D eigenvalue weighted by atomic mass is 9.90. The third kappa shape index (κ3) is 5.78. The Balaban J connectivity index is 2.33. The molecule has 0 aliphatic rings. The number of anilines is 2. The van der Waals surface area contributed by atoms with Gasteiger partial charge in [0.05, 0.1) is 5.69 Å². The van der Waals surface area contributed by atoms with Gasteiger partial charge in [0.25, 0.3) is 5.91 Å². The molecule has 26 heavy (non-hydrogen) atoms. The first-order chi connectivity index (χ1) is 12.2. The molecule has 0 saturated heterocycles. The van der Waals surface area contributed by atoms with Crippen molar-refractivity contribution < 1.29 is 9.59 Å². The number of pyridine rings is 1. The van der Waals surface area contributed by atoms with Gasteiger partial charge in [-0.3, -0.25) is 14.6 Å². The molecule has 2 rings (SSSR count). The van der Waals surface area contributed by atoms with E-state index in [9.17, 15) is 9.59 Å². The van der Waals surface area contributed by atoms with Crippen molar-refractivity contribution in [2.24, 2.45) is 5.41 Å². The number of rotatable bonds is 5. The van der Waals surface area contributed by atoms with Gasteiger partial charge < -0.3 is 10.6 Å². The third-order valence-corrected chi connectivity index (χ3v) is 4.55. The van der Waals surface area contributed by atoms with Crippen LogP contribution in [0.5, 0.6) is 0 Å². The highest BCUT2D eigenvalue weighted by molar-refractivity contribution is 9.11. The number of halogens is 2. The van der Waals surface area contributed by atoms with Crippen LogP contribution in [0, 0.1) is 5.41 Å². The Kier molecular flexibility index (Phi) is 6.72. The molecule has 136 valence electrons. The highest BCUT2D eigenvalue weighted by atomic mass is 79.9. The maximum Gasteiger partial charge on any atom is 0.272 e. The molecule has 0 aliphatic carbocycles. The second-order valence-electron chi connectivity index (χ2n) is 6.61. The van der Waals surface area contributed by atoms with Gasteiger partial charge in [-0.2, -0.15) is 0 Å². The molecular weight excluding hydrogens is 462 g/mol. The van der Waals surface area contributed by atoms with Gasteiger partial charge in [0.2, 0.25) is 0 Å². The molecule has 0 spiro atoms. The monoisotopic (exact) mass is 479 g/mol. The molecular formula is C19H19Br2N3O2. The van der Waals surface area contributed by atoms with E-state index >= 15 is 0 Å². The molecule has 2 aromatic rings. The molecule has 1 amide bonds. The highest BCUT2D eigenvalue weighted by Crippen LogP contribution is 2.28. The zero-order valence-corrected chi connectivity index (χ0v) is 17.8. The number of ketones is 1. The number of amides is 1. The van der Waals surface area contributed by atoms with Crippen molar-refractivity contribution in [3.8, 4) is 0 Å². The van der Waals surface area contributed by atoms with Crippen LogP contribution in [0.2, 0.25) is 0 Å². The largest absolute Gasteiger partial charge is 0.350 e. The van der Waals surface area contributed by atoms with Crippen LogP contribution in [0.1, 0.15) is 20.8 Å². The fourth-order valence-electron chi connectivity index (χ4n) is 1.88. The Morgan fingerprint density at radius 1 is 1.04 bits per heavy atom. The maximum absolute atomic E-state index is 12.7. The van der Waals surface area contributed by atoms with Crippen molar-refractivity contribution in [2.75, 3.05) is 10.6 Å². The summed E-state index contributed by atoms with van der Waals surface area (Å²) in [5.41, 5.74) is 0.826. The van der Waals surface area contributed by atoms with Crippen LogP contribution >= 0.6 is 31.9 Å². The molecule has 0 bridgehead atoms. The molecule has 0 radical (unpaired) electrons. The smallest absolute Gasteiger partial charge is 0.272 e. The van der Waals surface area contributed by atoms with E-state index in [-0.39, 0.29) is 11.5 Å². The van der Waals surface area contributed by atoms with Gasteiger partial charge in [-0.15, -0.1) is 0 Å². The summed E-state index contributed by atoms with van der Waals surface area (Å²) in [6.45, 7) is 5.42. The number of hydrogen-bond acceptors (Lipinski definition) is 4. The highest BCUT2D eigenvalue weighted by Gasteiger charge is 2.22. The lowest BCUT2D eigenvalue weighted by Gasteiger charge is -2.17. The molecule has 0 saturated carbocycles. The molecule has 5 nitrogen and oxygen atoms in total. The van der Waals surface area contributed by atoms with Crippen LogP contribution in [-0.4, -0.2) is 16.7 Å². The molecule has 1 heterocycles. The summed E-state index contributed by atoms with van der Waals surface area (Å²) in [5.74, 6) is -0.568. The van der Waals surface area contributed by atoms with Crippen LogP contribution in [0.15, 0.2) is 63.4 Å². The predicted molar refractivity (Wildman–Crippen MR) is 111 cm³/mol. The van der Waals surface area contributed by atoms with Gasteiger partial charge in [-0.1, -0.05) is 36.7 Å². The Hall–Kier alpha value is -1.99. The van der Waals surface area contributed by atoms with Gasteiger partial charge in [-0.05, 0) is 46.3 Å². The summed E-state index contributed by atoms with van der Waals surface area (Å²) in [6, 6.07) is 8.86. The van der Waals surface area contributed by atoms with E-state index in [1.807, 2.05) is 18.2 Å². The second-order valence-corrected chi connectivity index (χ2v) is 8.38. The SMILES string of the molecule is CC(C)(C)C(=O)C=C(Nc1ccc(Br)cc1Br)C(=O)Nc1ccncc1.